The molecule has 0 saturated heterocycles. The monoisotopic (exact) mass is 490 g/mol. The van der Waals surface area contributed by atoms with Crippen LogP contribution in [0, 0.1) is 23.3 Å². The molecule has 6 rings (SSSR count). The van der Waals surface area contributed by atoms with Crippen molar-refractivity contribution in [3.63, 3.8) is 0 Å². The van der Waals surface area contributed by atoms with E-state index >= 15 is 8.78 Å². The lowest BCUT2D eigenvalue weighted by molar-refractivity contribution is 0.579. The molecule has 0 atom stereocenters. The van der Waals surface area contributed by atoms with Gasteiger partial charge in [-0.2, -0.15) is 14.9 Å². The van der Waals surface area contributed by atoms with E-state index in [-0.39, 0.29) is 40.1 Å². The Balaban J connectivity index is 1.57. The molecule has 36 heavy (non-hydrogen) atoms. The Hall–Kier alpha value is -4.80. The van der Waals surface area contributed by atoms with E-state index in [1.54, 1.807) is 12.3 Å². The van der Waals surface area contributed by atoms with E-state index in [0.717, 1.165) is 22.9 Å². The fraction of sp³-hybridized carbons (Fsp3) is 0.0400. The van der Waals surface area contributed by atoms with Crippen LogP contribution < -0.4 is 5.56 Å². The Morgan fingerprint density at radius 3 is 2.44 bits per heavy atom. The summed E-state index contributed by atoms with van der Waals surface area (Å²) in [4.78, 5) is 17.3. The Morgan fingerprint density at radius 1 is 0.889 bits per heavy atom. The van der Waals surface area contributed by atoms with Crippen LogP contribution in [0.15, 0.2) is 78.1 Å². The van der Waals surface area contributed by atoms with Gasteiger partial charge in [0.25, 0.3) is 5.56 Å². The van der Waals surface area contributed by atoms with Crippen LogP contribution in [0.1, 0.15) is 5.69 Å². The number of halogens is 4. The topological polar surface area (TPSA) is 70.5 Å². The molecule has 0 fully saturated rings. The second-order valence-electron chi connectivity index (χ2n) is 8.01. The number of pyridine rings is 2. The lowest BCUT2D eigenvalue weighted by atomic mass is 10.1. The van der Waals surface area contributed by atoms with Gasteiger partial charge >= 0.3 is 0 Å². The molecule has 0 N–H and O–H groups in total. The maximum Gasteiger partial charge on any atom is 0.282 e. The number of hydrogen-bond acceptors (Lipinski definition) is 4. The molecule has 0 saturated carbocycles. The minimum Gasteiger partial charge on any atom is -0.338 e. The second-order valence-corrected chi connectivity index (χ2v) is 8.01. The third-order valence-electron chi connectivity index (χ3n) is 5.84. The predicted molar refractivity (Wildman–Crippen MR) is 122 cm³/mol. The number of fused-ring (bicyclic) bond motifs is 3. The van der Waals surface area contributed by atoms with Gasteiger partial charge in [0.1, 0.15) is 34.7 Å². The van der Waals surface area contributed by atoms with Crippen molar-refractivity contribution in [1.29, 1.82) is 0 Å². The maximum absolute atomic E-state index is 15.0. The first-order chi connectivity index (χ1) is 17.4. The molecule has 11 heteroatoms. The van der Waals surface area contributed by atoms with E-state index < -0.39 is 28.8 Å². The third kappa shape index (κ3) is 3.35. The standard InChI is InChI=1S/C25H14F4N6O/c26-16-4-1-2-5-21(16)35-25(36)15-12-33(24-18(28)7-6-17(27)22(24)23(15)32-35)13-20-19(29)10-14(11-30-20)34-9-3-8-31-34/h1-12H,13H2. The van der Waals surface area contributed by atoms with Gasteiger partial charge in [-0.3, -0.25) is 9.78 Å². The van der Waals surface area contributed by atoms with Crippen molar-refractivity contribution in [2.75, 3.05) is 0 Å². The van der Waals surface area contributed by atoms with Gasteiger partial charge < -0.3 is 4.57 Å². The number of para-hydroxylation sites is 1. The Morgan fingerprint density at radius 2 is 1.69 bits per heavy atom. The van der Waals surface area contributed by atoms with Crippen molar-refractivity contribution in [2.24, 2.45) is 0 Å². The van der Waals surface area contributed by atoms with E-state index in [9.17, 15) is 13.6 Å². The molecule has 178 valence electrons. The van der Waals surface area contributed by atoms with Gasteiger partial charge in [0.15, 0.2) is 0 Å². The minimum atomic E-state index is -0.841. The number of nitrogens with zero attached hydrogens (tertiary/aromatic N) is 6. The van der Waals surface area contributed by atoms with E-state index in [4.69, 9.17) is 0 Å². The fourth-order valence-corrected chi connectivity index (χ4v) is 4.18. The minimum absolute atomic E-state index is 0.0749. The van der Waals surface area contributed by atoms with Crippen molar-refractivity contribution >= 4 is 10.9 Å². The number of benzene rings is 2. The van der Waals surface area contributed by atoms with Gasteiger partial charge in [-0.15, -0.1) is 0 Å². The molecule has 7 nitrogen and oxygen atoms in total. The summed E-state index contributed by atoms with van der Waals surface area (Å²) in [7, 11) is 0. The van der Waals surface area contributed by atoms with Gasteiger partial charge in [-0.25, -0.2) is 22.2 Å². The zero-order valence-electron chi connectivity index (χ0n) is 18.2. The molecular formula is C25H14F4N6O. The Bertz CT molecular complexity index is 1790. The van der Waals surface area contributed by atoms with Gasteiger partial charge in [-0.05, 0) is 30.3 Å². The summed E-state index contributed by atoms with van der Waals surface area (Å²) in [5.74, 6) is -3.07. The lowest BCUT2D eigenvalue weighted by Gasteiger charge is -2.15. The molecule has 0 bridgehead atoms. The molecular weight excluding hydrogens is 476 g/mol. The molecule has 0 unspecified atom stereocenters. The van der Waals surface area contributed by atoms with Crippen LogP contribution in [-0.4, -0.2) is 29.1 Å². The van der Waals surface area contributed by atoms with Gasteiger partial charge in [-0.1, -0.05) is 12.1 Å². The molecule has 0 spiro atoms. The highest BCUT2D eigenvalue weighted by Gasteiger charge is 2.26. The smallest absolute Gasteiger partial charge is 0.282 e. The summed E-state index contributed by atoms with van der Waals surface area (Å²) in [5, 5.41) is 7.86. The van der Waals surface area contributed by atoms with Gasteiger partial charge in [0.2, 0.25) is 0 Å². The van der Waals surface area contributed by atoms with Crippen molar-refractivity contribution in [1.82, 2.24) is 29.1 Å². The van der Waals surface area contributed by atoms with E-state index in [1.807, 2.05) is 0 Å². The fourth-order valence-electron chi connectivity index (χ4n) is 4.18. The van der Waals surface area contributed by atoms with Crippen LogP contribution >= 0.6 is 0 Å². The predicted octanol–water partition coefficient (Wildman–Crippen LogP) is 4.48. The molecule has 2 aromatic carbocycles. The van der Waals surface area contributed by atoms with Crippen LogP contribution in [0.25, 0.3) is 33.5 Å². The molecule has 2 aromatic heterocycles. The largest absolute Gasteiger partial charge is 0.338 e. The molecule has 0 radical (unpaired) electrons. The molecule has 4 aromatic rings. The summed E-state index contributed by atoms with van der Waals surface area (Å²) in [6.07, 6.45) is 5.78. The van der Waals surface area contributed by atoms with Crippen molar-refractivity contribution in [3.8, 4) is 22.6 Å². The highest BCUT2D eigenvalue weighted by atomic mass is 19.1. The first kappa shape index (κ1) is 21.7. The summed E-state index contributed by atoms with van der Waals surface area (Å²) in [6, 6.07) is 10.2. The molecule has 0 aliphatic carbocycles. The maximum atomic E-state index is 15.0. The number of hydrogen-bond donors (Lipinski definition) is 0. The average molecular weight is 490 g/mol. The molecule has 2 aliphatic heterocycles. The summed E-state index contributed by atoms with van der Waals surface area (Å²) in [5.41, 5.74) is -1.06. The quantitative estimate of drug-likeness (QED) is 0.342. The first-order valence-corrected chi connectivity index (χ1v) is 10.7. The van der Waals surface area contributed by atoms with E-state index in [2.05, 4.69) is 15.2 Å². The van der Waals surface area contributed by atoms with Gasteiger partial charge in [0.05, 0.1) is 40.6 Å². The lowest BCUT2D eigenvalue weighted by Crippen LogP contribution is -2.17. The van der Waals surface area contributed by atoms with E-state index in [0.29, 0.717) is 5.69 Å². The molecule has 0 amide bonds. The molecule has 4 heterocycles. The molecule has 2 aliphatic rings. The Labute approximate surface area is 199 Å². The van der Waals surface area contributed by atoms with Crippen LogP contribution in [0.2, 0.25) is 0 Å². The summed E-state index contributed by atoms with van der Waals surface area (Å²) < 4.78 is 62.8. The third-order valence-corrected chi connectivity index (χ3v) is 5.84. The highest BCUT2D eigenvalue weighted by Crippen LogP contribution is 2.32. The van der Waals surface area contributed by atoms with Crippen LogP contribution in [-0.2, 0) is 6.54 Å². The number of aromatic nitrogens is 6. The average Bonchev–Trinajstić information content (AvgIpc) is 3.52. The van der Waals surface area contributed by atoms with Gasteiger partial charge in [0, 0.05) is 24.7 Å². The van der Waals surface area contributed by atoms with E-state index in [1.165, 1.54) is 52.1 Å². The summed E-state index contributed by atoms with van der Waals surface area (Å²) in [6.45, 7) is -0.317. The zero-order valence-corrected chi connectivity index (χ0v) is 18.2. The second kappa shape index (κ2) is 8.15. The Kier molecular flexibility index (Phi) is 4.92. The SMILES string of the molecule is O=c1c2cn(Cc3ncc(-n4cccn4)cc3F)c3c(F)ccc(F)c3c-2nn1-c1ccccc1F. The van der Waals surface area contributed by atoms with Crippen molar-refractivity contribution < 1.29 is 17.6 Å². The van der Waals surface area contributed by atoms with Crippen LogP contribution in [0.4, 0.5) is 17.6 Å². The summed E-state index contributed by atoms with van der Waals surface area (Å²) >= 11 is 0. The normalized spacial score (nSPS) is 11.6. The zero-order chi connectivity index (χ0) is 25.0. The number of rotatable bonds is 4. The van der Waals surface area contributed by atoms with Crippen LogP contribution in [0.3, 0.4) is 0 Å². The highest BCUT2D eigenvalue weighted by molar-refractivity contribution is 5.94. The van der Waals surface area contributed by atoms with Crippen molar-refractivity contribution in [3.05, 3.63) is 113 Å². The first-order valence-electron chi connectivity index (χ1n) is 10.7. The van der Waals surface area contributed by atoms with Crippen LogP contribution in [0.5, 0.6) is 0 Å². The van der Waals surface area contributed by atoms with Crippen molar-refractivity contribution in [2.45, 2.75) is 6.54 Å².